The van der Waals surface area contributed by atoms with Gasteiger partial charge >= 0.3 is 0 Å². The fraction of sp³-hybridized carbons (Fsp3) is 0.333. The van der Waals surface area contributed by atoms with Crippen molar-refractivity contribution in [2.45, 2.75) is 25.9 Å². The quantitative estimate of drug-likeness (QED) is 0.613. The lowest BCUT2D eigenvalue weighted by atomic mass is 10.1. The van der Waals surface area contributed by atoms with Crippen molar-refractivity contribution in [2.24, 2.45) is 7.05 Å². The van der Waals surface area contributed by atoms with Crippen LogP contribution in [0.2, 0.25) is 0 Å². The van der Waals surface area contributed by atoms with Crippen molar-refractivity contribution in [3.05, 3.63) is 47.9 Å². The number of aromatic nitrogens is 5. The summed E-state index contributed by atoms with van der Waals surface area (Å²) in [5.41, 5.74) is 2.74. The number of hydrogen-bond donors (Lipinski definition) is 2. The molecule has 2 atom stereocenters. The standard InChI is InChI=1S/C21H25N7O.2ClH/c1-14-11-28(12-15(2)24-14)20-7-6-18(25-26-20)21-19(29)8-16(9-22-21)4-5-17-10-23-27(3)13-17;;/h4-10,13-15,24,29H,11-12H2,1-3H3;2*1H/b5-4+;;/t14-,15+;;. The van der Waals surface area contributed by atoms with Gasteiger partial charge in [-0.3, -0.25) is 4.68 Å². The van der Waals surface area contributed by atoms with Crippen LogP contribution in [0, 0.1) is 0 Å². The Hall–Kier alpha value is -2.68. The van der Waals surface area contributed by atoms with Crippen LogP contribution in [-0.2, 0) is 7.05 Å². The van der Waals surface area contributed by atoms with Gasteiger partial charge in [0.2, 0.25) is 0 Å². The number of aromatic hydroxyl groups is 1. The van der Waals surface area contributed by atoms with Gasteiger partial charge in [0.05, 0.1) is 6.20 Å². The molecule has 0 aromatic carbocycles. The summed E-state index contributed by atoms with van der Waals surface area (Å²) in [5.74, 6) is 0.911. The topological polar surface area (TPSA) is 92.0 Å². The molecule has 0 unspecified atom stereocenters. The third-order valence-corrected chi connectivity index (χ3v) is 4.86. The normalized spacial score (nSPS) is 18.5. The highest BCUT2D eigenvalue weighted by Crippen LogP contribution is 2.27. The lowest BCUT2D eigenvalue weighted by Gasteiger charge is -2.36. The number of piperazine rings is 1. The molecular weight excluding hydrogens is 437 g/mol. The Morgan fingerprint density at radius 3 is 2.32 bits per heavy atom. The summed E-state index contributed by atoms with van der Waals surface area (Å²) in [6.07, 6.45) is 9.20. The number of anilines is 1. The van der Waals surface area contributed by atoms with Crippen molar-refractivity contribution in [3.8, 4) is 17.1 Å². The number of aryl methyl sites for hydroxylation is 1. The number of rotatable bonds is 4. The maximum atomic E-state index is 10.4. The largest absolute Gasteiger partial charge is 0.506 e. The van der Waals surface area contributed by atoms with Gasteiger partial charge in [-0.2, -0.15) is 5.10 Å². The van der Waals surface area contributed by atoms with E-state index >= 15 is 0 Å². The first-order valence-electron chi connectivity index (χ1n) is 9.69. The van der Waals surface area contributed by atoms with Gasteiger partial charge in [0.15, 0.2) is 5.82 Å². The van der Waals surface area contributed by atoms with Gasteiger partial charge in [-0.05, 0) is 37.6 Å². The molecule has 1 saturated heterocycles. The van der Waals surface area contributed by atoms with Gasteiger partial charge < -0.3 is 15.3 Å². The molecular formula is C21H27Cl2N7O. The van der Waals surface area contributed by atoms with Crippen LogP contribution in [0.15, 0.2) is 36.8 Å². The Bertz CT molecular complexity index is 1010. The number of pyridine rings is 1. The second-order valence-electron chi connectivity index (χ2n) is 7.57. The molecule has 0 aliphatic carbocycles. The van der Waals surface area contributed by atoms with Crippen molar-refractivity contribution in [2.75, 3.05) is 18.0 Å². The Morgan fingerprint density at radius 2 is 1.74 bits per heavy atom. The van der Waals surface area contributed by atoms with Crippen LogP contribution in [0.1, 0.15) is 25.0 Å². The molecule has 31 heavy (non-hydrogen) atoms. The summed E-state index contributed by atoms with van der Waals surface area (Å²) in [6, 6.07) is 6.26. The van der Waals surface area contributed by atoms with Crippen LogP contribution in [0.4, 0.5) is 5.82 Å². The number of nitrogens with zero attached hydrogens (tertiary/aromatic N) is 6. The summed E-state index contributed by atoms with van der Waals surface area (Å²) in [6.45, 7) is 6.10. The van der Waals surface area contributed by atoms with Crippen LogP contribution >= 0.6 is 24.8 Å². The van der Waals surface area contributed by atoms with Gasteiger partial charge in [-0.1, -0.05) is 12.2 Å². The Balaban J connectivity index is 0.00000171. The number of nitrogens with one attached hydrogen (secondary N) is 1. The minimum atomic E-state index is 0. The van der Waals surface area contributed by atoms with E-state index in [-0.39, 0.29) is 30.6 Å². The highest BCUT2D eigenvalue weighted by Gasteiger charge is 2.22. The summed E-state index contributed by atoms with van der Waals surface area (Å²) in [7, 11) is 1.87. The van der Waals surface area contributed by atoms with E-state index in [1.165, 1.54) is 0 Å². The molecule has 2 N–H and O–H groups in total. The van der Waals surface area contributed by atoms with Crippen molar-refractivity contribution in [1.82, 2.24) is 30.3 Å². The van der Waals surface area contributed by atoms with Crippen molar-refractivity contribution >= 4 is 42.8 Å². The smallest absolute Gasteiger partial charge is 0.151 e. The van der Waals surface area contributed by atoms with Gasteiger partial charge in [-0.25, -0.2) is 4.98 Å². The Morgan fingerprint density at radius 1 is 1.03 bits per heavy atom. The molecule has 0 amide bonds. The van der Waals surface area contributed by atoms with Crippen molar-refractivity contribution < 1.29 is 5.11 Å². The second-order valence-corrected chi connectivity index (χ2v) is 7.57. The zero-order valence-electron chi connectivity index (χ0n) is 17.6. The second kappa shape index (κ2) is 10.6. The molecule has 0 bridgehead atoms. The van der Waals surface area contributed by atoms with E-state index in [0.29, 0.717) is 23.5 Å². The maximum Gasteiger partial charge on any atom is 0.151 e. The molecule has 10 heteroatoms. The zero-order chi connectivity index (χ0) is 20.4. The van der Waals surface area contributed by atoms with E-state index < -0.39 is 0 Å². The van der Waals surface area contributed by atoms with Gasteiger partial charge in [-0.15, -0.1) is 35.0 Å². The third-order valence-electron chi connectivity index (χ3n) is 4.86. The van der Waals surface area contributed by atoms with E-state index in [4.69, 9.17) is 0 Å². The SMILES string of the molecule is C[C@@H]1CN(c2ccc(-c3ncc(/C=C/c4cnn(C)c4)cc3O)nn2)C[C@H](C)N1.Cl.Cl. The number of hydrogen-bond acceptors (Lipinski definition) is 7. The van der Waals surface area contributed by atoms with Crippen molar-refractivity contribution in [1.29, 1.82) is 0 Å². The first kappa shape index (κ1) is 24.6. The minimum Gasteiger partial charge on any atom is -0.506 e. The fourth-order valence-electron chi connectivity index (χ4n) is 3.61. The van der Waals surface area contributed by atoms with E-state index in [0.717, 1.165) is 30.0 Å². The minimum absolute atomic E-state index is 0. The summed E-state index contributed by atoms with van der Waals surface area (Å²) in [4.78, 5) is 6.61. The first-order chi connectivity index (χ1) is 14.0. The van der Waals surface area contributed by atoms with E-state index in [9.17, 15) is 5.11 Å². The lowest BCUT2D eigenvalue weighted by molar-refractivity contribution is 0.404. The Labute approximate surface area is 194 Å². The lowest BCUT2D eigenvalue weighted by Crippen LogP contribution is -2.54. The van der Waals surface area contributed by atoms with Crippen molar-refractivity contribution in [3.63, 3.8) is 0 Å². The summed E-state index contributed by atoms with van der Waals surface area (Å²) >= 11 is 0. The maximum absolute atomic E-state index is 10.4. The first-order valence-corrected chi connectivity index (χ1v) is 9.69. The molecule has 0 saturated carbocycles. The van der Waals surface area contributed by atoms with Crippen LogP contribution in [0.5, 0.6) is 5.75 Å². The monoisotopic (exact) mass is 463 g/mol. The van der Waals surface area contributed by atoms with Gasteiger partial charge in [0.25, 0.3) is 0 Å². The zero-order valence-corrected chi connectivity index (χ0v) is 19.3. The van der Waals surface area contributed by atoms with Gasteiger partial charge in [0.1, 0.15) is 17.1 Å². The van der Waals surface area contributed by atoms with Crippen LogP contribution in [0.3, 0.4) is 0 Å². The molecule has 3 aromatic rings. The molecule has 0 spiro atoms. The Kier molecular flexibility index (Phi) is 8.38. The number of halogens is 2. The molecule has 1 aliphatic rings. The summed E-state index contributed by atoms with van der Waals surface area (Å²) in [5, 5.41) is 26.7. The van der Waals surface area contributed by atoms with Crippen LogP contribution < -0.4 is 10.2 Å². The van der Waals surface area contributed by atoms with Crippen LogP contribution in [-0.4, -0.2) is 55.2 Å². The van der Waals surface area contributed by atoms with Crippen LogP contribution in [0.25, 0.3) is 23.5 Å². The molecule has 1 aliphatic heterocycles. The third kappa shape index (κ3) is 5.94. The summed E-state index contributed by atoms with van der Waals surface area (Å²) < 4.78 is 1.74. The molecule has 4 heterocycles. The predicted octanol–water partition coefficient (Wildman–Crippen LogP) is 3.18. The predicted molar refractivity (Wildman–Crippen MR) is 128 cm³/mol. The molecule has 8 nitrogen and oxygen atoms in total. The molecule has 3 aromatic heterocycles. The fourth-order valence-corrected chi connectivity index (χ4v) is 3.61. The highest BCUT2D eigenvalue weighted by atomic mass is 35.5. The average molecular weight is 464 g/mol. The molecule has 4 rings (SSSR count). The average Bonchev–Trinajstić information content (AvgIpc) is 3.11. The van der Waals surface area contributed by atoms with E-state index in [1.807, 2.05) is 37.5 Å². The molecule has 166 valence electrons. The van der Waals surface area contributed by atoms with E-state index in [1.54, 1.807) is 23.1 Å². The molecule has 0 radical (unpaired) electrons. The highest BCUT2D eigenvalue weighted by molar-refractivity contribution is 5.85. The van der Waals surface area contributed by atoms with E-state index in [2.05, 4.69) is 44.3 Å². The van der Waals surface area contributed by atoms with Gasteiger partial charge in [0, 0.05) is 50.2 Å². The molecule has 1 fully saturated rings.